The van der Waals surface area contributed by atoms with Gasteiger partial charge in [0.05, 0.1) is 12.8 Å². The molecule has 1 atom stereocenters. The second-order valence-corrected chi connectivity index (χ2v) is 7.00. The molecule has 7 nitrogen and oxygen atoms in total. The van der Waals surface area contributed by atoms with E-state index in [1.54, 1.807) is 43.5 Å². The summed E-state index contributed by atoms with van der Waals surface area (Å²) < 4.78 is 25.3. The Morgan fingerprint density at radius 2 is 1.94 bits per heavy atom. The van der Waals surface area contributed by atoms with Gasteiger partial charge in [-0.05, 0) is 49.7 Å². The van der Waals surface area contributed by atoms with Crippen molar-refractivity contribution in [3.8, 4) is 22.7 Å². The molecule has 0 saturated heterocycles. The average molecular weight is 425 g/mol. The normalized spacial score (nSPS) is 11.6. The van der Waals surface area contributed by atoms with Crippen LogP contribution in [0, 0.1) is 5.82 Å². The molecule has 0 aliphatic heterocycles. The summed E-state index contributed by atoms with van der Waals surface area (Å²) in [4.78, 5) is 24.8. The van der Waals surface area contributed by atoms with Gasteiger partial charge in [0.1, 0.15) is 22.8 Å². The zero-order valence-electron chi connectivity index (χ0n) is 17.6. The van der Waals surface area contributed by atoms with Gasteiger partial charge >= 0.3 is 5.97 Å². The van der Waals surface area contributed by atoms with E-state index in [1.807, 2.05) is 13.8 Å². The van der Waals surface area contributed by atoms with Crippen LogP contribution in [0.5, 0.6) is 5.75 Å². The Bertz CT molecular complexity index is 1060. The monoisotopic (exact) mass is 425 g/mol. The first-order chi connectivity index (χ1) is 14.9. The predicted octanol–water partition coefficient (Wildman–Crippen LogP) is 3.76. The molecule has 0 saturated carbocycles. The molecule has 31 heavy (non-hydrogen) atoms. The number of carbonyl (C=O) groups excluding carboxylic acids is 2. The number of esters is 1. The summed E-state index contributed by atoms with van der Waals surface area (Å²) in [5.41, 5.74) is 1.74. The quantitative estimate of drug-likeness (QED) is 0.556. The van der Waals surface area contributed by atoms with Gasteiger partial charge in [-0.1, -0.05) is 19.1 Å². The highest BCUT2D eigenvalue weighted by molar-refractivity contribution is 5.97. The van der Waals surface area contributed by atoms with Crippen molar-refractivity contribution in [3.05, 3.63) is 66.1 Å². The predicted molar refractivity (Wildman–Crippen MR) is 114 cm³/mol. The fourth-order valence-corrected chi connectivity index (χ4v) is 2.86. The molecule has 0 spiro atoms. The van der Waals surface area contributed by atoms with Crippen molar-refractivity contribution >= 4 is 11.9 Å². The van der Waals surface area contributed by atoms with E-state index >= 15 is 0 Å². The summed E-state index contributed by atoms with van der Waals surface area (Å²) in [5, 5.41) is 7.25. The Hall–Kier alpha value is -3.68. The molecule has 162 valence electrons. The van der Waals surface area contributed by atoms with Crippen molar-refractivity contribution in [2.24, 2.45) is 0 Å². The number of nitrogens with one attached hydrogen (secondary N) is 1. The molecule has 8 heteroatoms. The molecule has 0 aliphatic carbocycles. The number of halogens is 1. The molecular weight excluding hydrogens is 401 g/mol. The fraction of sp³-hybridized carbons (Fsp3) is 0.261. The Balaban J connectivity index is 1.92. The minimum absolute atomic E-state index is 0.0141. The van der Waals surface area contributed by atoms with Crippen molar-refractivity contribution in [1.29, 1.82) is 0 Å². The van der Waals surface area contributed by atoms with Gasteiger partial charge in [0.2, 0.25) is 0 Å². The van der Waals surface area contributed by atoms with Crippen molar-refractivity contribution in [2.75, 3.05) is 13.7 Å². The van der Waals surface area contributed by atoms with Gasteiger partial charge in [-0.2, -0.15) is 5.10 Å². The van der Waals surface area contributed by atoms with Crippen LogP contribution >= 0.6 is 0 Å². The third-order valence-electron chi connectivity index (χ3n) is 4.72. The van der Waals surface area contributed by atoms with Crippen LogP contribution in [-0.2, 0) is 9.53 Å². The van der Waals surface area contributed by atoms with Gasteiger partial charge in [-0.15, -0.1) is 0 Å². The van der Waals surface area contributed by atoms with Crippen molar-refractivity contribution < 1.29 is 23.5 Å². The number of rotatable bonds is 8. The maximum Gasteiger partial charge on any atom is 0.342 e. The van der Waals surface area contributed by atoms with E-state index in [0.717, 1.165) is 6.42 Å². The third-order valence-corrected chi connectivity index (χ3v) is 4.72. The number of ether oxygens (including phenoxy) is 2. The maximum absolute atomic E-state index is 13.3. The van der Waals surface area contributed by atoms with Crippen LogP contribution in [0.2, 0.25) is 0 Å². The van der Waals surface area contributed by atoms with Gasteiger partial charge in [0.25, 0.3) is 5.91 Å². The third kappa shape index (κ3) is 5.48. The van der Waals surface area contributed by atoms with Gasteiger partial charge in [-0.25, -0.2) is 13.9 Å². The zero-order valence-corrected chi connectivity index (χ0v) is 17.6. The lowest BCUT2D eigenvalue weighted by atomic mass is 10.1. The lowest BCUT2D eigenvalue weighted by Crippen LogP contribution is -2.35. The van der Waals surface area contributed by atoms with E-state index in [-0.39, 0.29) is 23.3 Å². The largest absolute Gasteiger partial charge is 0.497 e. The lowest BCUT2D eigenvalue weighted by molar-refractivity contribution is -0.124. The summed E-state index contributed by atoms with van der Waals surface area (Å²) in [5.74, 6) is -0.848. The van der Waals surface area contributed by atoms with Gasteiger partial charge in [-0.3, -0.25) is 4.79 Å². The van der Waals surface area contributed by atoms with Crippen LogP contribution in [0.15, 0.2) is 54.7 Å². The second-order valence-electron chi connectivity index (χ2n) is 7.00. The molecule has 0 fully saturated rings. The first-order valence-electron chi connectivity index (χ1n) is 9.87. The van der Waals surface area contributed by atoms with E-state index in [9.17, 15) is 14.0 Å². The Morgan fingerprint density at radius 3 is 2.61 bits per heavy atom. The molecule has 1 heterocycles. The van der Waals surface area contributed by atoms with Crippen molar-refractivity contribution in [3.63, 3.8) is 0 Å². The minimum atomic E-state index is -0.689. The van der Waals surface area contributed by atoms with E-state index in [1.165, 1.54) is 23.0 Å². The molecule has 2 aromatic carbocycles. The van der Waals surface area contributed by atoms with Crippen molar-refractivity contribution in [2.45, 2.75) is 26.3 Å². The molecule has 0 radical (unpaired) electrons. The molecule has 0 bridgehead atoms. The molecule has 0 unspecified atom stereocenters. The first-order valence-corrected chi connectivity index (χ1v) is 9.87. The van der Waals surface area contributed by atoms with Crippen LogP contribution in [0.25, 0.3) is 16.9 Å². The molecule has 1 N–H and O–H groups in total. The van der Waals surface area contributed by atoms with Gasteiger partial charge in [0.15, 0.2) is 6.61 Å². The lowest BCUT2D eigenvalue weighted by Gasteiger charge is -2.11. The van der Waals surface area contributed by atoms with Gasteiger partial charge in [0, 0.05) is 17.8 Å². The molecule has 1 amide bonds. The number of methoxy groups -OCH3 is 1. The molecular formula is C23H24FN3O4. The summed E-state index contributed by atoms with van der Waals surface area (Å²) in [7, 11) is 1.54. The number of hydrogen-bond acceptors (Lipinski definition) is 5. The Morgan fingerprint density at radius 1 is 1.19 bits per heavy atom. The Kier molecular flexibility index (Phi) is 7.02. The highest BCUT2D eigenvalue weighted by Crippen LogP contribution is 2.27. The van der Waals surface area contributed by atoms with Crippen LogP contribution in [0.4, 0.5) is 4.39 Å². The highest BCUT2D eigenvalue weighted by atomic mass is 19.1. The van der Waals surface area contributed by atoms with E-state index in [0.29, 0.717) is 22.7 Å². The molecule has 3 rings (SSSR count). The fourth-order valence-electron chi connectivity index (χ4n) is 2.86. The molecule has 3 aromatic rings. The topological polar surface area (TPSA) is 82.5 Å². The van der Waals surface area contributed by atoms with Crippen LogP contribution in [0.1, 0.15) is 30.6 Å². The van der Waals surface area contributed by atoms with Crippen LogP contribution in [-0.4, -0.2) is 41.4 Å². The average Bonchev–Trinajstić information content (AvgIpc) is 3.23. The number of benzene rings is 2. The summed E-state index contributed by atoms with van der Waals surface area (Å²) in [6, 6.07) is 12.8. The minimum Gasteiger partial charge on any atom is -0.497 e. The SMILES string of the molecule is CC[C@@H](C)NC(=O)COC(=O)c1cn(-c2ccc(F)cc2)nc1-c1cccc(OC)c1. The van der Waals surface area contributed by atoms with E-state index in [2.05, 4.69) is 10.4 Å². The number of amides is 1. The summed E-state index contributed by atoms with van der Waals surface area (Å²) in [6.07, 6.45) is 2.26. The highest BCUT2D eigenvalue weighted by Gasteiger charge is 2.21. The van der Waals surface area contributed by atoms with E-state index in [4.69, 9.17) is 9.47 Å². The van der Waals surface area contributed by atoms with Gasteiger partial charge < -0.3 is 14.8 Å². The zero-order chi connectivity index (χ0) is 22.4. The van der Waals surface area contributed by atoms with Crippen LogP contribution in [0.3, 0.4) is 0 Å². The first kappa shape index (κ1) is 22.0. The summed E-state index contributed by atoms with van der Waals surface area (Å²) >= 11 is 0. The van der Waals surface area contributed by atoms with Crippen molar-refractivity contribution in [1.82, 2.24) is 15.1 Å². The van der Waals surface area contributed by atoms with E-state index < -0.39 is 12.6 Å². The number of carbonyl (C=O) groups is 2. The Labute approximate surface area is 179 Å². The summed E-state index contributed by atoms with van der Waals surface area (Å²) in [6.45, 7) is 3.41. The second kappa shape index (κ2) is 9.88. The number of nitrogens with zero attached hydrogens (tertiary/aromatic N) is 2. The molecule has 0 aliphatic rings. The smallest absolute Gasteiger partial charge is 0.342 e. The standard InChI is InChI=1S/C23H24FN3O4/c1-4-15(2)25-21(28)14-31-23(29)20-13-27(18-10-8-17(24)9-11-18)26-22(20)16-6-5-7-19(12-16)30-3/h5-13,15H,4,14H2,1-3H3,(H,25,28)/t15-/m1/s1. The number of hydrogen-bond donors (Lipinski definition) is 1. The number of aromatic nitrogens is 2. The molecule has 1 aromatic heterocycles. The maximum atomic E-state index is 13.3. The van der Waals surface area contributed by atoms with Crippen LogP contribution < -0.4 is 10.1 Å².